The Balaban J connectivity index is 1.64. The highest BCUT2D eigenvalue weighted by molar-refractivity contribution is 5.79. The van der Waals surface area contributed by atoms with Crippen LogP contribution in [0.4, 0.5) is 0 Å². The van der Waals surface area contributed by atoms with E-state index in [1.54, 1.807) is 13.1 Å². The standard InChI is InChI=1S/C24H26N4O3/c1-28-23(26)27-24(31-28)11-3-5-16-7-10-22(29-15-16)30-21-9-8-19(13-20(21)24)18-6-2-4-17(12-18)14-25/h2,4,6,8-9,12-13,16,22H,3,5,7,10-11,15H2,1H3,(H2,26,27). The van der Waals surface area contributed by atoms with Crippen molar-refractivity contribution in [3.63, 3.8) is 0 Å². The topological polar surface area (TPSA) is 93.1 Å². The summed E-state index contributed by atoms with van der Waals surface area (Å²) in [5.41, 5.74) is 8.55. The maximum absolute atomic E-state index is 9.30. The summed E-state index contributed by atoms with van der Waals surface area (Å²) in [6.45, 7) is 0.720. The van der Waals surface area contributed by atoms with Crippen LogP contribution in [0.15, 0.2) is 47.5 Å². The second-order valence-electron chi connectivity index (χ2n) is 8.46. The molecule has 0 saturated carbocycles. The molecule has 1 fully saturated rings. The fourth-order valence-corrected chi connectivity index (χ4v) is 4.66. The third-order valence-corrected chi connectivity index (χ3v) is 6.35. The van der Waals surface area contributed by atoms with Crippen LogP contribution in [0.5, 0.6) is 5.75 Å². The van der Waals surface area contributed by atoms with Crippen molar-refractivity contribution in [1.29, 1.82) is 5.26 Å². The van der Waals surface area contributed by atoms with Crippen molar-refractivity contribution in [2.45, 2.75) is 44.1 Å². The van der Waals surface area contributed by atoms with Gasteiger partial charge < -0.3 is 15.2 Å². The summed E-state index contributed by atoms with van der Waals surface area (Å²) in [7, 11) is 1.77. The number of aliphatic imine (C=N–C) groups is 1. The average molecular weight is 418 g/mol. The van der Waals surface area contributed by atoms with Gasteiger partial charge in [-0.15, -0.1) is 0 Å². The Morgan fingerprint density at radius 2 is 2.03 bits per heavy atom. The van der Waals surface area contributed by atoms with Crippen molar-refractivity contribution in [2.75, 3.05) is 13.7 Å². The van der Waals surface area contributed by atoms with Gasteiger partial charge in [0.2, 0.25) is 11.7 Å². The lowest BCUT2D eigenvalue weighted by Gasteiger charge is -2.30. The molecule has 4 aliphatic rings. The molecule has 0 aliphatic carbocycles. The third-order valence-electron chi connectivity index (χ3n) is 6.35. The smallest absolute Gasteiger partial charge is 0.218 e. The van der Waals surface area contributed by atoms with Gasteiger partial charge in [0.05, 0.1) is 23.8 Å². The number of hydrogen-bond donors (Lipinski definition) is 1. The monoisotopic (exact) mass is 418 g/mol. The summed E-state index contributed by atoms with van der Waals surface area (Å²) in [4.78, 5) is 11.0. The minimum Gasteiger partial charge on any atom is -0.464 e. The zero-order chi connectivity index (χ0) is 21.4. The van der Waals surface area contributed by atoms with Gasteiger partial charge >= 0.3 is 0 Å². The van der Waals surface area contributed by atoms with Crippen LogP contribution in [0.2, 0.25) is 0 Å². The molecular formula is C24H26N4O3. The number of guanidine groups is 1. The van der Waals surface area contributed by atoms with E-state index in [9.17, 15) is 5.26 Å². The Bertz CT molecular complexity index is 1060. The first-order valence-corrected chi connectivity index (χ1v) is 10.8. The zero-order valence-corrected chi connectivity index (χ0v) is 17.6. The molecule has 7 heteroatoms. The Morgan fingerprint density at radius 1 is 1.16 bits per heavy atom. The van der Waals surface area contributed by atoms with Gasteiger partial charge in [0.15, 0.2) is 6.29 Å². The number of benzene rings is 2. The highest BCUT2D eigenvalue weighted by atomic mass is 16.7. The molecular weight excluding hydrogens is 392 g/mol. The minimum atomic E-state index is -0.944. The SMILES string of the molecule is CN1OC2(CCCC3CCC(OC3)Oc3ccc(-c4cccc(C#N)c4)cc32)N=C1N. The quantitative estimate of drug-likeness (QED) is 0.755. The molecule has 2 aromatic rings. The molecule has 160 valence electrons. The van der Waals surface area contributed by atoms with Crippen LogP contribution >= 0.6 is 0 Å². The number of nitrogens with zero attached hydrogens (tertiary/aromatic N) is 3. The van der Waals surface area contributed by atoms with Gasteiger partial charge in [0.1, 0.15) is 5.75 Å². The predicted molar refractivity (Wildman–Crippen MR) is 116 cm³/mol. The van der Waals surface area contributed by atoms with Crippen LogP contribution in [0.1, 0.15) is 43.2 Å². The first-order valence-electron chi connectivity index (χ1n) is 10.8. The van der Waals surface area contributed by atoms with E-state index in [2.05, 4.69) is 6.07 Å². The molecule has 3 atom stereocenters. The van der Waals surface area contributed by atoms with Crippen molar-refractivity contribution < 1.29 is 14.3 Å². The molecule has 2 bridgehead atoms. The number of fused-ring (bicyclic) bond motifs is 4. The van der Waals surface area contributed by atoms with E-state index in [-0.39, 0.29) is 6.29 Å². The van der Waals surface area contributed by atoms with E-state index in [1.807, 2.05) is 36.4 Å². The number of hydroxylamine groups is 2. The van der Waals surface area contributed by atoms with Gasteiger partial charge in [0.25, 0.3) is 0 Å². The van der Waals surface area contributed by atoms with Gasteiger partial charge in [-0.2, -0.15) is 5.26 Å². The van der Waals surface area contributed by atoms with Gasteiger partial charge in [-0.25, -0.2) is 14.9 Å². The molecule has 1 spiro atoms. The summed E-state index contributed by atoms with van der Waals surface area (Å²) in [5, 5.41) is 10.8. The predicted octanol–water partition coefficient (Wildman–Crippen LogP) is 3.89. The lowest BCUT2D eigenvalue weighted by atomic mass is 9.90. The third kappa shape index (κ3) is 3.73. The van der Waals surface area contributed by atoms with Crippen molar-refractivity contribution in [3.05, 3.63) is 53.6 Å². The number of rotatable bonds is 1. The fourth-order valence-electron chi connectivity index (χ4n) is 4.66. The molecule has 31 heavy (non-hydrogen) atoms. The van der Waals surface area contributed by atoms with E-state index >= 15 is 0 Å². The molecule has 7 nitrogen and oxygen atoms in total. The fraction of sp³-hybridized carbons (Fsp3) is 0.417. The van der Waals surface area contributed by atoms with E-state index in [0.29, 0.717) is 29.6 Å². The molecule has 4 heterocycles. The molecule has 6 rings (SSSR count). The highest BCUT2D eigenvalue weighted by Gasteiger charge is 2.44. The van der Waals surface area contributed by atoms with Crippen LogP contribution < -0.4 is 10.5 Å². The maximum Gasteiger partial charge on any atom is 0.218 e. The van der Waals surface area contributed by atoms with Gasteiger partial charge in [-0.3, -0.25) is 0 Å². The van der Waals surface area contributed by atoms with E-state index in [4.69, 9.17) is 25.0 Å². The van der Waals surface area contributed by atoms with E-state index < -0.39 is 5.72 Å². The number of hydrogen-bond acceptors (Lipinski definition) is 7. The summed E-state index contributed by atoms with van der Waals surface area (Å²) >= 11 is 0. The van der Waals surface area contributed by atoms with Crippen molar-refractivity contribution in [1.82, 2.24) is 5.06 Å². The lowest BCUT2D eigenvalue weighted by Crippen LogP contribution is -2.32. The van der Waals surface area contributed by atoms with Gasteiger partial charge in [0, 0.05) is 19.9 Å². The van der Waals surface area contributed by atoms with Crippen LogP contribution in [0.3, 0.4) is 0 Å². The molecule has 0 amide bonds. The summed E-state index contributed by atoms with van der Waals surface area (Å²) in [5.74, 6) is 1.57. The largest absolute Gasteiger partial charge is 0.464 e. The van der Waals surface area contributed by atoms with Crippen LogP contribution in [0, 0.1) is 17.2 Å². The molecule has 1 saturated heterocycles. The number of nitriles is 1. The maximum atomic E-state index is 9.30. The first-order chi connectivity index (χ1) is 15.1. The van der Waals surface area contributed by atoms with E-state index in [1.165, 1.54) is 5.06 Å². The van der Waals surface area contributed by atoms with Gasteiger partial charge in [-0.1, -0.05) is 18.2 Å². The highest BCUT2D eigenvalue weighted by Crippen LogP contribution is 2.45. The van der Waals surface area contributed by atoms with Crippen molar-refractivity contribution >= 4 is 5.96 Å². The summed E-state index contributed by atoms with van der Waals surface area (Å²) < 4.78 is 12.3. The van der Waals surface area contributed by atoms with E-state index in [0.717, 1.165) is 49.0 Å². The molecule has 4 aliphatic heterocycles. The first kappa shape index (κ1) is 19.9. The number of ether oxygens (including phenoxy) is 2. The Labute approximate surface area is 182 Å². The normalized spacial score (nSPS) is 27.7. The average Bonchev–Trinajstić information content (AvgIpc) is 3.07. The van der Waals surface area contributed by atoms with Gasteiger partial charge in [-0.05, 0) is 60.6 Å². The van der Waals surface area contributed by atoms with Crippen molar-refractivity contribution in [3.8, 4) is 22.9 Å². The summed E-state index contributed by atoms with van der Waals surface area (Å²) in [6, 6.07) is 15.8. The summed E-state index contributed by atoms with van der Waals surface area (Å²) in [6.07, 6.45) is 4.37. The van der Waals surface area contributed by atoms with Crippen LogP contribution in [-0.2, 0) is 15.3 Å². The zero-order valence-electron chi connectivity index (χ0n) is 17.6. The molecule has 0 radical (unpaired) electrons. The molecule has 3 unspecified atom stereocenters. The van der Waals surface area contributed by atoms with Crippen molar-refractivity contribution in [2.24, 2.45) is 16.6 Å². The second-order valence-corrected chi connectivity index (χ2v) is 8.46. The lowest BCUT2D eigenvalue weighted by molar-refractivity contribution is -0.177. The van der Waals surface area contributed by atoms with Crippen LogP contribution in [0.25, 0.3) is 11.1 Å². The number of nitrogens with two attached hydrogens (primary N) is 1. The van der Waals surface area contributed by atoms with Crippen LogP contribution in [-0.4, -0.2) is 31.0 Å². The Hall–Kier alpha value is -3.08. The Morgan fingerprint density at radius 3 is 2.77 bits per heavy atom. The minimum absolute atomic E-state index is 0.279. The molecule has 2 aromatic carbocycles. The Kier molecular flexibility index (Phi) is 5.05. The molecule has 0 aromatic heterocycles. The molecule has 2 N–H and O–H groups in total. The second kappa shape index (κ2) is 7.88.